The zero-order chi connectivity index (χ0) is 39.1. The van der Waals surface area contributed by atoms with Gasteiger partial charge >= 0.3 is 29.8 Å². The molecule has 1 aromatic carbocycles. The van der Waals surface area contributed by atoms with Gasteiger partial charge in [-0.1, -0.05) is 18.2 Å². The Hall–Kier alpha value is -3.63. The number of ether oxygens (including phenoxy) is 10. The van der Waals surface area contributed by atoms with Crippen molar-refractivity contribution in [3.8, 4) is 0 Å². The van der Waals surface area contributed by atoms with E-state index >= 15 is 0 Å². The highest BCUT2D eigenvalue weighted by molar-refractivity contribution is 5.89. The van der Waals surface area contributed by atoms with Gasteiger partial charge in [0.2, 0.25) is 6.29 Å². The summed E-state index contributed by atoms with van der Waals surface area (Å²) in [6.45, 7) is 17.1. The van der Waals surface area contributed by atoms with Crippen LogP contribution in [-0.4, -0.2) is 103 Å². The van der Waals surface area contributed by atoms with E-state index < -0.39 is 114 Å². The molecule has 52 heavy (non-hydrogen) atoms. The lowest BCUT2D eigenvalue weighted by Gasteiger charge is -2.55. The van der Waals surface area contributed by atoms with E-state index in [2.05, 4.69) is 0 Å². The average Bonchev–Trinajstić information content (AvgIpc) is 3.47. The van der Waals surface area contributed by atoms with Gasteiger partial charge in [0, 0.05) is 13.8 Å². The third-order valence-corrected chi connectivity index (χ3v) is 8.58. The SMILES string of the molecule is CC(=O)OC[C@H]1O[C@@H](OC(C)=O)[C@@]2([C@@]3(COC(=O)C(C)(C)C)OC(C)(C)O[C@@H]3COC(=O)C(C)(C)C)OC(C)(C)O[C@H]2[C@H]1OC(=O)c1ccccc1. The molecule has 0 bridgehead atoms. The molecule has 0 radical (unpaired) electrons. The topological polar surface area (TPSA) is 178 Å². The first-order valence-corrected chi connectivity index (χ1v) is 17.2. The second kappa shape index (κ2) is 14.7. The molecule has 3 saturated heterocycles. The minimum atomic E-state index is -2.19. The van der Waals surface area contributed by atoms with Crippen molar-refractivity contribution in [2.75, 3.05) is 19.8 Å². The van der Waals surface area contributed by atoms with Crippen LogP contribution in [0.25, 0.3) is 0 Å². The molecule has 15 nitrogen and oxygen atoms in total. The molecule has 3 aliphatic rings. The largest absolute Gasteiger partial charge is 0.463 e. The molecule has 7 atom stereocenters. The molecule has 0 unspecified atom stereocenters. The normalized spacial score (nSPS) is 30.8. The first-order valence-electron chi connectivity index (χ1n) is 17.2. The number of carbonyl (C=O) groups excluding carboxylic acids is 5. The molecule has 0 amide bonds. The maximum absolute atomic E-state index is 13.7. The fraction of sp³-hybridized carbons (Fsp3) is 0.703. The summed E-state index contributed by atoms with van der Waals surface area (Å²) >= 11 is 0. The van der Waals surface area contributed by atoms with Crippen molar-refractivity contribution in [3.63, 3.8) is 0 Å². The monoisotopic (exact) mass is 736 g/mol. The van der Waals surface area contributed by atoms with Crippen molar-refractivity contribution in [1.29, 1.82) is 0 Å². The van der Waals surface area contributed by atoms with Crippen LogP contribution in [0.5, 0.6) is 0 Å². The fourth-order valence-electron chi connectivity index (χ4n) is 6.40. The Morgan fingerprint density at radius 2 is 1.29 bits per heavy atom. The summed E-state index contributed by atoms with van der Waals surface area (Å²) in [4.78, 5) is 65.2. The lowest BCUT2D eigenvalue weighted by Crippen LogP contribution is -2.79. The quantitative estimate of drug-likeness (QED) is 0.248. The Morgan fingerprint density at radius 3 is 1.85 bits per heavy atom. The number of fused-ring (bicyclic) bond motifs is 1. The van der Waals surface area contributed by atoms with E-state index in [1.807, 2.05) is 0 Å². The van der Waals surface area contributed by atoms with Gasteiger partial charge in [0.25, 0.3) is 0 Å². The molecule has 3 aliphatic heterocycles. The van der Waals surface area contributed by atoms with Gasteiger partial charge in [-0.25, -0.2) is 4.79 Å². The zero-order valence-corrected chi connectivity index (χ0v) is 32.0. The van der Waals surface area contributed by atoms with Gasteiger partial charge in [-0.3, -0.25) is 19.2 Å². The number of hydrogen-bond donors (Lipinski definition) is 0. The fourth-order valence-corrected chi connectivity index (χ4v) is 6.40. The molecule has 0 saturated carbocycles. The third kappa shape index (κ3) is 8.60. The molecule has 3 fully saturated rings. The molecular weight excluding hydrogens is 684 g/mol. The van der Waals surface area contributed by atoms with Crippen LogP contribution >= 0.6 is 0 Å². The molecule has 0 spiro atoms. The van der Waals surface area contributed by atoms with Crippen LogP contribution in [0, 0.1) is 10.8 Å². The van der Waals surface area contributed by atoms with Gasteiger partial charge in [-0.2, -0.15) is 0 Å². The van der Waals surface area contributed by atoms with Gasteiger partial charge in [0.15, 0.2) is 28.9 Å². The van der Waals surface area contributed by atoms with Crippen molar-refractivity contribution >= 4 is 29.8 Å². The summed E-state index contributed by atoms with van der Waals surface area (Å²) in [6, 6.07) is 8.11. The van der Waals surface area contributed by atoms with E-state index in [1.54, 1.807) is 99.6 Å². The third-order valence-electron chi connectivity index (χ3n) is 8.58. The first kappa shape index (κ1) is 41.1. The van der Waals surface area contributed by atoms with Crippen LogP contribution in [-0.2, 0) is 66.5 Å². The molecule has 0 N–H and O–H groups in total. The van der Waals surface area contributed by atoms with Crippen molar-refractivity contribution < 1.29 is 71.3 Å². The molecule has 0 aromatic heterocycles. The minimum absolute atomic E-state index is 0.182. The van der Waals surface area contributed by atoms with Gasteiger partial charge < -0.3 is 47.4 Å². The summed E-state index contributed by atoms with van der Waals surface area (Å²) in [5.41, 5.74) is -5.99. The minimum Gasteiger partial charge on any atom is -0.463 e. The van der Waals surface area contributed by atoms with E-state index in [1.165, 1.54) is 6.92 Å². The lowest BCUT2D eigenvalue weighted by atomic mass is 9.70. The molecule has 4 rings (SSSR count). The lowest BCUT2D eigenvalue weighted by molar-refractivity contribution is -0.362. The second-order valence-electron chi connectivity index (χ2n) is 16.2. The Labute approximate surface area is 304 Å². The van der Waals surface area contributed by atoms with Crippen LogP contribution in [0.4, 0.5) is 0 Å². The number of benzene rings is 1. The smallest absolute Gasteiger partial charge is 0.338 e. The average molecular weight is 737 g/mol. The highest BCUT2D eigenvalue weighted by atomic mass is 16.8. The first-order chi connectivity index (χ1) is 23.8. The molecule has 0 aliphatic carbocycles. The highest BCUT2D eigenvalue weighted by Crippen LogP contribution is 2.58. The van der Waals surface area contributed by atoms with Gasteiger partial charge in [0.05, 0.1) is 16.4 Å². The van der Waals surface area contributed by atoms with Crippen molar-refractivity contribution in [2.24, 2.45) is 10.8 Å². The van der Waals surface area contributed by atoms with Crippen molar-refractivity contribution in [1.82, 2.24) is 0 Å². The van der Waals surface area contributed by atoms with Crippen LogP contribution < -0.4 is 0 Å². The predicted molar refractivity (Wildman–Crippen MR) is 179 cm³/mol. The van der Waals surface area contributed by atoms with Crippen LogP contribution in [0.1, 0.15) is 93.4 Å². The standard InChI is InChI=1S/C37H52O15/c1-21(38)43-18-24-26(48-28(40)23-16-14-13-15-17-23)27-37(52-35(11,12)50-27,31(47-24)46-22(2)39)36(20-45-30(42)33(6,7)8)25(49-34(9,10)51-36)19-44-29(41)32(3,4)5/h13-17,24-27,31H,18-20H2,1-12H3/t24-,25-,26+,27+,31-,36+,37+/m1/s1. The zero-order valence-electron chi connectivity index (χ0n) is 32.0. The van der Waals surface area contributed by atoms with E-state index in [4.69, 9.17) is 47.4 Å². The van der Waals surface area contributed by atoms with E-state index in [-0.39, 0.29) is 5.56 Å². The molecule has 290 valence electrons. The van der Waals surface area contributed by atoms with E-state index in [0.29, 0.717) is 0 Å². The maximum Gasteiger partial charge on any atom is 0.338 e. The van der Waals surface area contributed by atoms with Gasteiger partial charge in [-0.15, -0.1) is 0 Å². The molecule has 15 heteroatoms. The summed E-state index contributed by atoms with van der Waals surface area (Å²) in [7, 11) is 0. The second-order valence-corrected chi connectivity index (χ2v) is 16.2. The Kier molecular flexibility index (Phi) is 11.6. The Balaban J connectivity index is 1.99. The Morgan fingerprint density at radius 1 is 0.712 bits per heavy atom. The van der Waals surface area contributed by atoms with Crippen molar-refractivity contribution in [3.05, 3.63) is 35.9 Å². The van der Waals surface area contributed by atoms with Crippen LogP contribution in [0.3, 0.4) is 0 Å². The number of esters is 5. The molecule has 1 aromatic rings. The highest BCUT2D eigenvalue weighted by Gasteiger charge is 2.81. The number of hydrogen-bond acceptors (Lipinski definition) is 15. The number of carbonyl (C=O) groups is 5. The van der Waals surface area contributed by atoms with Gasteiger partial charge in [-0.05, 0) is 81.4 Å². The van der Waals surface area contributed by atoms with Crippen molar-refractivity contribution in [2.45, 2.75) is 137 Å². The summed E-state index contributed by atoms with van der Waals surface area (Å²) in [6.07, 6.45) is -7.27. The van der Waals surface area contributed by atoms with Gasteiger partial charge in [0.1, 0.15) is 38.1 Å². The van der Waals surface area contributed by atoms with E-state index in [9.17, 15) is 24.0 Å². The maximum atomic E-state index is 13.7. The summed E-state index contributed by atoms with van der Waals surface area (Å²) < 4.78 is 62.0. The summed E-state index contributed by atoms with van der Waals surface area (Å²) in [5, 5.41) is 0. The molecule has 3 heterocycles. The predicted octanol–water partition coefficient (Wildman–Crippen LogP) is 4.02. The van der Waals surface area contributed by atoms with Crippen LogP contribution in [0.2, 0.25) is 0 Å². The van der Waals surface area contributed by atoms with E-state index in [0.717, 1.165) is 6.92 Å². The Bertz CT molecular complexity index is 1510. The molecular formula is C37H52O15. The van der Waals surface area contributed by atoms with Crippen LogP contribution in [0.15, 0.2) is 30.3 Å². The summed E-state index contributed by atoms with van der Waals surface area (Å²) in [5.74, 6) is -6.52. The number of rotatable bonds is 10.